The number of nitrogens with zero attached hydrogens (tertiary/aromatic N) is 1. The molecule has 1 aromatic carbocycles. The molecule has 90 valence electrons. The Morgan fingerprint density at radius 2 is 2.06 bits per heavy atom. The lowest BCUT2D eigenvalue weighted by Crippen LogP contribution is -2.18. The fourth-order valence-corrected chi connectivity index (χ4v) is 2.16. The first-order valence-electron chi connectivity index (χ1n) is 5.53. The molecule has 2 unspecified atom stereocenters. The first-order chi connectivity index (χ1) is 8.24. The Labute approximate surface area is 106 Å². The zero-order valence-corrected chi connectivity index (χ0v) is 10.2. The summed E-state index contributed by atoms with van der Waals surface area (Å²) >= 11 is 4.06. The molecule has 1 heterocycles. The van der Waals surface area contributed by atoms with Crippen LogP contribution in [0, 0.1) is 0 Å². The minimum absolute atomic E-state index is 0.459. The van der Waals surface area contributed by atoms with Crippen LogP contribution in [0.4, 0.5) is 0 Å². The first kappa shape index (κ1) is 12.4. The number of fused-ring (bicyclic) bond motifs is 1. The van der Waals surface area contributed by atoms with E-state index in [4.69, 9.17) is 0 Å². The maximum atomic E-state index is 10.1. The second-order valence-electron chi connectivity index (χ2n) is 3.97. The highest BCUT2D eigenvalue weighted by molar-refractivity contribution is 7.80. The lowest BCUT2D eigenvalue weighted by molar-refractivity contribution is 0.0181. The average Bonchev–Trinajstić information content (AvgIpc) is 2.37. The number of aliphatic hydroxyl groups excluding tert-OH is 2. The molecule has 0 aliphatic rings. The number of hydrogen-bond acceptors (Lipinski definition) is 4. The van der Waals surface area contributed by atoms with E-state index in [-0.39, 0.29) is 0 Å². The molecule has 2 atom stereocenters. The zero-order valence-electron chi connectivity index (χ0n) is 9.32. The van der Waals surface area contributed by atoms with Crippen LogP contribution in [0.2, 0.25) is 0 Å². The molecule has 1 aromatic heterocycles. The van der Waals surface area contributed by atoms with Crippen molar-refractivity contribution < 1.29 is 10.2 Å². The van der Waals surface area contributed by atoms with Crippen molar-refractivity contribution in [2.24, 2.45) is 0 Å². The van der Waals surface area contributed by atoms with E-state index in [1.807, 2.05) is 24.3 Å². The summed E-state index contributed by atoms with van der Waals surface area (Å²) in [6, 6.07) is 7.53. The summed E-state index contributed by atoms with van der Waals surface area (Å²) < 4.78 is 0. The van der Waals surface area contributed by atoms with Crippen LogP contribution in [-0.2, 0) is 0 Å². The van der Waals surface area contributed by atoms with E-state index >= 15 is 0 Å². The zero-order chi connectivity index (χ0) is 12.3. The molecule has 0 aliphatic heterocycles. The van der Waals surface area contributed by atoms with E-state index in [2.05, 4.69) is 17.6 Å². The third kappa shape index (κ3) is 2.60. The number of aliphatic hydroxyl groups is 2. The van der Waals surface area contributed by atoms with E-state index in [1.54, 1.807) is 12.4 Å². The van der Waals surface area contributed by atoms with Gasteiger partial charge < -0.3 is 10.2 Å². The van der Waals surface area contributed by atoms with Crippen LogP contribution in [0.25, 0.3) is 10.8 Å². The summed E-state index contributed by atoms with van der Waals surface area (Å²) in [7, 11) is 0. The Bertz CT molecular complexity index is 498. The Hall–Kier alpha value is -1.10. The molecule has 0 radical (unpaired) electrons. The molecule has 2 rings (SSSR count). The SMILES string of the molecule is OC(CCS)C(O)c1cccc2ccncc12. The van der Waals surface area contributed by atoms with Gasteiger partial charge in [0.15, 0.2) is 0 Å². The van der Waals surface area contributed by atoms with E-state index in [0.29, 0.717) is 17.7 Å². The molecule has 0 bridgehead atoms. The van der Waals surface area contributed by atoms with Crippen LogP contribution in [0.15, 0.2) is 36.7 Å². The fourth-order valence-electron chi connectivity index (χ4n) is 1.89. The number of rotatable bonds is 4. The topological polar surface area (TPSA) is 53.4 Å². The number of aromatic nitrogens is 1. The summed E-state index contributed by atoms with van der Waals surface area (Å²) in [5, 5.41) is 21.8. The molecular weight excluding hydrogens is 234 g/mol. The van der Waals surface area contributed by atoms with Crippen molar-refractivity contribution in [3.8, 4) is 0 Å². The molecule has 4 heteroatoms. The third-order valence-electron chi connectivity index (χ3n) is 2.83. The number of benzene rings is 1. The van der Waals surface area contributed by atoms with Crippen LogP contribution >= 0.6 is 12.6 Å². The van der Waals surface area contributed by atoms with Gasteiger partial charge in [0.05, 0.1) is 6.10 Å². The van der Waals surface area contributed by atoms with Gasteiger partial charge in [0.2, 0.25) is 0 Å². The van der Waals surface area contributed by atoms with Gasteiger partial charge in [-0.15, -0.1) is 0 Å². The molecule has 0 fully saturated rings. The Morgan fingerprint density at radius 1 is 1.24 bits per heavy atom. The van der Waals surface area contributed by atoms with Gasteiger partial charge in [-0.3, -0.25) is 4.98 Å². The van der Waals surface area contributed by atoms with Crippen LogP contribution in [0.3, 0.4) is 0 Å². The van der Waals surface area contributed by atoms with Crippen molar-refractivity contribution in [2.45, 2.75) is 18.6 Å². The smallest absolute Gasteiger partial charge is 0.106 e. The lowest BCUT2D eigenvalue weighted by atomic mass is 9.98. The second kappa shape index (κ2) is 5.49. The monoisotopic (exact) mass is 249 g/mol. The van der Waals surface area contributed by atoms with Gasteiger partial charge in [0, 0.05) is 17.8 Å². The highest BCUT2D eigenvalue weighted by Crippen LogP contribution is 2.26. The molecule has 0 aliphatic carbocycles. The fraction of sp³-hybridized carbons (Fsp3) is 0.308. The van der Waals surface area contributed by atoms with Crippen molar-refractivity contribution in [3.63, 3.8) is 0 Å². The average molecular weight is 249 g/mol. The molecule has 0 saturated heterocycles. The predicted octanol–water partition coefficient (Wildman–Crippen LogP) is 1.95. The summed E-state index contributed by atoms with van der Waals surface area (Å²) in [6.07, 6.45) is 2.19. The van der Waals surface area contributed by atoms with Crippen molar-refractivity contribution in [3.05, 3.63) is 42.2 Å². The maximum Gasteiger partial charge on any atom is 0.106 e. The van der Waals surface area contributed by atoms with Crippen LogP contribution in [-0.4, -0.2) is 27.1 Å². The van der Waals surface area contributed by atoms with Gasteiger partial charge in [-0.2, -0.15) is 12.6 Å². The molecule has 3 nitrogen and oxygen atoms in total. The normalized spacial score (nSPS) is 14.8. The maximum absolute atomic E-state index is 10.1. The lowest BCUT2D eigenvalue weighted by Gasteiger charge is -2.18. The first-order valence-corrected chi connectivity index (χ1v) is 6.17. The predicted molar refractivity (Wildman–Crippen MR) is 71.2 cm³/mol. The molecular formula is C13H15NO2S. The van der Waals surface area contributed by atoms with Gasteiger partial charge >= 0.3 is 0 Å². The minimum Gasteiger partial charge on any atom is -0.390 e. The van der Waals surface area contributed by atoms with Crippen molar-refractivity contribution in [1.82, 2.24) is 4.98 Å². The summed E-state index contributed by atoms with van der Waals surface area (Å²) in [4.78, 5) is 4.05. The van der Waals surface area contributed by atoms with Crippen LogP contribution in [0.1, 0.15) is 18.1 Å². The molecule has 0 amide bonds. The Balaban J connectivity index is 2.41. The summed E-state index contributed by atoms with van der Waals surface area (Å²) in [5.41, 5.74) is 0.713. The van der Waals surface area contributed by atoms with E-state index in [0.717, 1.165) is 10.8 Å². The van der Waals surface area contributed by atoms with Crippen molar-refractivity contribution >= 4 is 23.4 Å². The van der Waals surface area contributed by atoms with E-state index in [9.17, 15) is 10.2 Å². The summed E-state index contributed by atoms with van der Waals surface area (Å²) in [6.45, 7) is 0. The van der Waals surface area contributed by atoms with E-state index < -0.39 is 12.2 Å². The van der Waals surface area contributed by atoms with Gasteiger partial charge in [0.25, 0.3) is 0 Å². The Morgan fingerprint density at radius 3 is 2.82 bits per heavy atom. The van der Waals surface area contributed by atoms with Gasteiger partial charge in [0.1, 0.15) is 6.10 Å². The third-order valence-corrected chi connectivity index (χ3v) is 3.08. The van der Waals surface area contributed by atoms with Crippen molar-refractivity contribution in [2.75, 3.05) is 5.75 Å². The minimum atomic E-state index is -0.893. The number of hydrogen-bond donors (Lipinski definition) is 3. The van der Waals surface area contributed by atoms with Crippen molar-refractivity contribution in [1.29, 1.82) is 0 Å². The quantitative estimate of drug-likeness (QED) is 0.726. The van der Waals surface area contributed by atoms with Crippen LogP contribution in [0.5, 0.6) is 0 Å². The Kier molecular flexibility index (Phi) is 3.99. The van der Waals surface area contributed by atoms with Gasteiger partial charge in [-0.05, 0) is 29.2 Å². The highest BCUT2D eigenvalue weighted by atomic mass is 32.1. The highest BCUT2D eigenvalue weighted by Gasteiger charge is 2.19. The standard InChI is InChI=1S/C13H15NO2S/c15-12(5-7-17)13(16)10-3-1-2-9-4-6-14-8-11(9)10/h1-4,6,8,12-13,15-17H,5,7H2. The molecule has 2 N–H and O–H groups in total. The van der Waals surface area contributed by atoms with Gasteiger partial charge in [-0.1, -0.05) is 18.2 Å². The number of thiol groups is 1. The second-order valence-corrected chi connectivity index (χ2v) is 4.42. The molecule has 0 saturated carbocycles. The van der Waals surface area contributed by atoms with Crippen LogP contribution < -0.4 is 0 Å². The summed E-state index contributed by atoms with van der Waals surface area (Å²) in [5.74, 6) is 0.543. The number of pyridine rings is 1. The largest absolute Gasteiger partial charge is 0.390 e. The van der Waals surface area contributed by atoms with E-state index in [1.165, 1.54) is 0 Å². The molecule has 2 aromatic rings. The molecule has 17 heavy (non-hydrogen) atoms. The van der Waals surface area contributed by atoms with Gasteiger partial charge in [-0.25, -0.2) is 0 Å². The molecule has 0 spiro atoms.